The number of nitrogens with one attached hydrogen (secondary N) is 1. The van der Waals surface area contributed by atoms with Crippen molar-refractivity contribution in [2.75, 3.05) is 11.1 Å². The van der Waals surface area contributed by atoms with E-state index in [0.29, 0.717) is 11.1 Å². The van der Waals surface area contributed by atoms with Crippen LogP contribution >= 0.6 is 23.2 Å². The van der Waals surface area contributed by atoms with Crippen molar-refractivity contribution >= 4 is 40.5 Å². The predicted octanol–water partition coefficient (Wildman–Crippen LogP) is 4.11. The number of carbonyl (C=O) groups excluding carboxylic acids is 1. The van der Waals surface area contributed by atoms with Gasteiger partial charge in [0.25, 0.3) is 5.91 Å². The van der Waals surface area contributed by atoms with E-state index in [1.54, 1.807) is 0 Å². The molecule has 0 saturated heterocycles. The average molecular weight is 317 g/mol. The molecule has 0 aliphatic carbocycles. The highest BCUT2D eigenvalue weighted by Crippen LogP contribution is 2.24. The van der Waals surface area contributed by atoms with Crippen molar-refractivity contribution in [3.8, 4) is 0 Å². The van der Waals surface area contributed by atoms with E-state index in [2.05, 4.69) is 5.32 Å². The molecule has 0 fully saturated rings. The fraction of sp³-hybridized carbons (Fsp3) is 0. The number of hydrogen-bond acceptors (Lipinski definition) is 2. The lowest BCUT2D eigenvalue weighted by atomic mass is 10.2. The third-order valence-corrected chi connectivity index (χ3v) is 3.26. The molecule has 7 heteroatoms. The Hall–Kier alpha value is -1.85. The zero-order valence-corrected chi connectivity index (χ0v) is 11.4. The first-order valence-electron chi connectivity index (χ1n) is 5.39. The standard InChI is InChI=1S/C13H8Cl2F2N2O/c14-7-2-1-6(3-8(7)15)13(20)19-12-5-11(18)9(16)4-10(12)17/h1-5H,18H2,(H,19,20). The van der Waals surface area contributed by atoms with Crippen molar-refractivity contribution in [1.82, 2.24) is 0 Å². The lowest BCUT2D eigenvalue weighted by Crippen LogP contribution is -2.13. The van der Waals surface area contributed by atoms with Crippen molar-refractivity contribution in [3.05, 3.63) is 57.6 Å². The first-order chi connectivity index (χ1) is 9.38. The number of nitrogens with two attached hydrogens (primary N) is 1. The number of hydrogen-bond donors (Lipinski definition) is 2. The molecule has 0 radical (unpaired) electrons. The lowest BCUT2D eigenvalue weighted by molar-refractivity contribution is 0.102. The maximum atomic E-state index is 13.5. The van der Waals surface area contributed by atoms with Gasteiger partial charge in [0.15, 0.2) is 0 Å². The number of halogens is 4. The van der Waals surface area contributed by atoms with E-state index in [1.165, 1.54) is 18.2 Å². The molecule has 20 heavy (non-hydrogen) atoms. The Balaban J connectivity index is 2.27. The highest BCUT2D eigenvalue weighted by Gasteiger charge is 2.13. The monoisotopic (exact) mass is 316 g/mol. The summed E-state index contributed by atoms with van der Waals surface area (Å²) in [5.74, 6) is -2.44. The molecule has 0 bridgehead atoms. The summed E-state index contributed by atoms with van der Waals surface area (Å²) in [5.41, 5.74) is 5.01. The molecule has 0 heterocycles. The van der Waals surface area contributed by atoms with Crippen LogP contribution in [-0.2, 0) is 0 Å². The predicted molar refractivity (Wildman–Crippen MR) is 75.2 cm³/mol. The minimum atomic E-state index is -0.926. The van der Waals surface area contributed by atoms with Gasteiger partial charge in [-0.05, 0) is 24.3 Å². The zero-order chi connectivity index (χ0) is 14.9. The molecule has 2 rings (SSSR count). The van der Waals surface area contributed by atoms with Crippen LogP contribution in [0, 0.1) is 11.6 Å². The Morgan fingerprint density at radius 1 is 1.05 bits per heavy atom. The number of nitrogen functional groups attached to an aromatic ring is 1. The second-order valence-corrected chi connectivity index (χ2v) is 4.75. The molecular weight excluding hydrogens is 309 g/mol. The third kappa shape index (κ3) is 3.00. The number of benzene rings is 2. The SMILES string of the molecule is Nc1cc(NC(=O)c2ccc(Cl)c(Cl)c2)c(F)cc1F. The largest absolute Gasteiger partial charge is 0.396 e. The van der Waals surface area contributed by atoms with Crippen LogP contribution in [0.15, 0.2) is 30.3 Å². The highest BCUT2D eigenvalue weighted by atomic mass is 35.5. The van der Waals surface area contributed by atoms with E-state index in [9.17, 15) is 13.6 Å². The van der Waals surface area contributed by atoms with Crippen molar-refractivity contribution < 1.29 is 13.6 Å². The van der Waals surface area contributed by atoms with Crippen molar-refractivity contribution in [2.24, 2.45) is 0 Å². The van der Waals surface area contributed by atoms with E-state index in [0.717, 1.165) is 6.07 Å². The second-order valence-electron chi connectivity index (χ2n) is 3.94. The fourth-order valence-corrected chi connectivity index (χ4v) is 1.79. The fourth-order valence-electron chi connectivity index (χ4n) is 1.49. The van der Waals surface area contributed by atoms with Gasteiger partial charge in [0, 0.05) is 11.6 Å². The van der Waals surface area contributed by atoms with E-state index >= 15 is 0 Å². The number of anilines is 2. The van der Waals surface area contributed by atoms with E-state index in [4.69, 9.17) is 28.9 Å². The summed E-state index contributed by atoms with van der Waals surface area (Å²) in [7, 11) is 0. The van der Waals surface area contributed by atoms with Crippen LogP contribution in [0.2, 0.25) is 10.0 Å². The van der Waals surface area contributed by atoms with Crippen LogP contribution in [0.25, 0.3) is 0 Å². The molecule has 0 aliphatic rings. The smallest absolute Gasteiger partial charge is 0.255 e. The first-order valence-corrected chi connectivity index (χ1v) is 6.15. The molecular formula is C13H8Cl2F2N2O. The van der Waals surface area contributed by atoms with Crippen LogP contribution < -0.4 is 11.1 Å². The molecule has 2 aromatic carbocycles. The minimum absolute atomic E-state index is 0.182. The summed E-state index contributed by atoms with van der Waals surface area (Å²) in [5, 5.41) is 2.76. The minimum Gasteiger partial charge on any atom is -0.396 e. The highest BCUT2D eigenvalue weighted by molar-refractivity contribution is 6.42. The molecule has 0 spiro atoms. The number of rotatable bonds is 2. The van der Waals surface area contributed by atoms with Gasteiger partial charge in [0.2, 0.25) is 0 Å². The molecule has 3 N–H and O–H groups in total. The van der Waals surface area contributed by atoms with Gasteiger partial charge in [-0.3, -0.25) is 4.79 Å². The Morgan fingerprint density at radius 2 is 1.75 bits per heavy atom. The molecule has 1 amide bonds. The molecule has 0 aromatic heterocycles. The Kier molecular flexibility index (Phi) is 4.11. The van der Waals surface area contributed by atoms with E-state index in [1.807, 2.05) is 0 Å². The maximum Gasteiger partial charge on any atom is 0.255 e. The van der Waals surface area contributed by atoms with Crippen LogP contribution in [0.4, 0.5) is 20.2 Å². The van der Waals surface area contributed by atoms with Gasteiger partial charge >= 0.3 is 0 Å². The van der Waals surface area contributed by atoms with Crippen LogP contribution in [0.1, 0.15) is 10.4 Å². The van der Waals surface area contributed by atoms with E-state index < -0.39 is 17.5 Å². The number of amides is 1. The summed E-state index contributed by atoms with van der Waals surface area (Å²) in [6.07, 6.45) is 0. The Labute approximate surface area is 123 Å². The van der Waals surface area contributed by atoms with Gasteiger partial charge in [-0.1, -0.05) is 23.2 Å². The quantitative estimate of drug-likeness (QED) is 0.819. The first kappa shape index (κ1) is 14.6. The van der Waals surface area contributed by atoms with Crippen molar-refractivity contribution in [2.45, 2.75) is 0 Å². The molecule has 0 unspecified atom stereocenters. The van der Waals surface area contributed by atoms with Crippen LogP contribution in [0.5, 0.6) is 0 Å². The second kappa shape index (κ2) is 5.64. The average Bonchev–Trinajstić information content (AvgIpc) is 2.39. The normalized spacial score (nSPS) is 10.4. The van der Waals surface area contributed by atoms with Crippen molar-refractivity contribution in [3.63, 3.8) is 0 Å². The maximum absolute atomic E-state index is 13.5. The topological polar surface area (TPSA) is 55.1 Å². The van der Waals surface area contributed by atoms with E-state index in [-0.39, 0.29) is 22.0 Å². The van der Waals surface area contributed by atoms with Gasteiger partial charge in [0.1, 0.15) is 11.6 Å². The summed E-state index contributed by atoms with van der Waals surface area (Å²) in [4.78, 5) is 11.9. The summed E-state index contributed by atoms with van der Waals surface area (Å²) in [6, 6.07) is 5.80. The molecule has 0 saturated carbocycles. The summed E-state index contributed by atoms with van der Waals surface area (Å²) >= 11 is 11.5. The van der Waals surface area contributed by atoms with Gasteiger partial charge in [0.05, 0.1) is 21.4 Å². The summed E-state index contributed by atoms with van der Waals surface area (Å²) < 4.78 is 26.5. The molecule has 0 atom stereocenters. The Morgan fingerprint density at radius 3 is 2.40 bits per heavy atom. The van der Waals surface area contributed by atoms with Gasteiger partial charge in [-0.15, -0.1) is 0 Å². The number of carbonyl (C=O) groups is 1. The molecule has 0 aliphatic heterocycles. The van der Waals surface area contributed by atoms with Crippen LogP contribution in [0.3, 0.4) is 0 Å². The molecule has 3 nitrogen and oxygen atoms in total. The third-order valence-electron chi connectivity index (χ3n) is 2.52. The molecule has 2 aromatic rings. The Bertz CT molecular complexity index is 692. The van der Waals surface area contributed by atoms with Crippen LogP contribution in [-0.4, -0.2) is 5.91 Å². The summed E-state index contributed by atoms with van der Waals surface area (Å²) in [6.45, 7) is 0. The van der Waals surface area contributed by atoms with Gasteiger partial charge in [-0.2, -0.15) is 0 Å². The van der Waals surface area contributed by atoms with Gasteiger partial charge < -0.3 is 11.1 Å². The van der Waals surface area contributed by atoms with Gasteiger partial charge in [-0.25, -0.2) is 8.78 Å². The van der Waals surface area contributed by atoms with Crippen molar-refractivity contribution in [1.29, 1.82) is 0 Å². The lowest BCUT2D eigenvalue weighted by Gasteiger charge is -2.08. The molecule has 104 valence electrons. The zero-order valence-electron chi connectivity index (χ0n) is 9.88.